The van der Waals surface area contributed by atoms with Gasteiger partial charge in [-0.2, -0.15) is 0 Å². The number of halogens is 1. The molecule has 0 bridgehead atoms. The molecule has 2 N–H and O–H groups in total. The van der Waals surface area contributed by atoms with Crippen LogP contribution in [0.4, 0.5) is 4.39 Å². The second-order valence-corrected chi connectivity index (χ2v) is 6.42. The summed E-state index contributed by atoms with van der Waals surface area (Å²) in [4.78, 5) is -0.101. The first-order valence-electron chi connectivity index (χ1n) is 5.09. The van der Waals surface area contributed by atoms with Crippen molar-refractivity contribution in [1.82, 2.24) is 4.72 Å². The van der Waals surface area contributed by atoms with Crippen LogP contribution in [0.3, 0.4) is 0 Å². The van der Waals surface area contributed by atoms with Gasteiger partial charge in [0.15, 0.2) is 0 Å². The van der Waals surface area contributed by atoms with Crippen LogP contribution in [0.1, 0.15) is 26.3 Å². The second kappa shape index (κ2) is 4.72. The van der Waals surface area contributed by atoms with Crippen LogP contribution in [0.15, 0.2) is 23.1 Å². The van der Waals surface area contributed by atoms with Gasteiger partial charge in [0.25, 0.3) is 0 Å². The predicted octanol–water partition coefficient (Wildman–Crippen LogP) is 1.39. The molecule has 0 saturated heterocycles. The molecule has 6 heteroatoms. The van der Waals surface area contributed by atoms with Crippen molar-refractivity contribution in [3.63, 3.8) is 0 Å². The van der Waals surface area contributed by atoms with Crippen LogP contribution in [0, 0.1) is 5.82 Å². The summed E-state index contributed by atoms with van der Waals surface area (Å²) in [6.45, 7) is 4.57. The molecule has 0 aromatic heterocycles. The summed E-state index contributed by atoms with van der Waals surface area (Å²) in [5.74, 6) is -0.580. The first-order chi connectivity index (χ1) is 7.65. The van der Waals surface area contributed by atoms with E-state index in [1.807, 2.05) is 0 Å². The van der Waals surface area contributed by atoms with Crippen molar-refractivity contribution in [2.24, 2.45) is 0 Å². The van der Waals surface area contributed by atoms with Crippen molar-refractivity contribution in [2.45, 2.75) is 37.8 Å². The van der Waals surface area contributed by atoms with E-state index >= 15 is 0 Å². The molecule has 0 amide bonds. The summed E-state index contributed by atoms with van der Waals surface area (Å²) < 4.78 is 39.4. The van der Waals surface area contributed by atoms with Gasteiger partial charge < -0.3 is 5.11 Å². The van der Waals surface area contributed by atoms with Crippen LogP contribution in [0.2, 0.25) is 0 Å². The van der Waals surface area contributed by atoms with E-state index in [1.165, 1.54) is 0 Å². The van der Waals surface area contributed by atoms with Crippen molar-refractivity contribution in [1.29, 1.82) is 0 Å². The zero-order valence-electron chi connectivity index (χ0n) is 9.99. The summed E-state index contributed by atoms with van der Waals surface area (Å²) in [6.07, 6.45) is 0. The Morgan fingerprint density at radius 2 is 1.94 bits per heavy atom. The lowest BCUT2D eigenvalue weighted by atomic mass is 10.1. The van der Waals surface area contributed by atoms with E-state index in [4.69, 9.17) is 5.11 Å². The number of rotatable bonds is 3. The molecule has 1 aromatic rings. The minimum Gasteiger partial charge on any atom is -0.392 e. The number of hydrogen-bond acceptors (Lipinski definition) is 3. The van der Waals surface area contributed by atoms with Crippen molar-refractivity contribution >= 4 is 10.0 Å². The summed E-state index contributed by atoms with van der Waals surface area (Å²) in [7, 11) is -3.75. The van der Waals surface area contributed by atoms with Crippen LogP contribution in [0.5, 0.6) is 0 Å². The number of benzene rings is 1. The molecule has 1 rings (SSSR count). The molecule has 17 heavy (non-hydrogen) atoms. The van der Waals surface area contributed by atoms with E-state index in [1.54, 1.807) is 20.8 Å². The van der Waals surface area contributed by atoms with Crippen molar-refractivity contribution in [3.8, 4) is 0 Å². The molecule has 0 atom stereocenters. The number of nitrogens with one attached hydrogen (secondary N) is 1. The van der Waals surface area contributed by atoms with Gasteiger partial charge in [0.2, 0.25) is 10.0 Å². The van der Waals surface area contributed by atoms with E-state index in [9.17, 15) is 12.8 Å². The molecular weight excluding hydrogens is 245 g/mol. The van der Waals surface area contributed by atoms with Gasteiger partial charge in [-0.25, -0.2) is 17.5 Å². The fourth-order valence-electron chi connectivity index (χ4n) is 1.39. The van der Waals surface area contributed by atoms with E-state index < -0.39 is 28.0 Å². The Morgan fingerprint density at radius 3 is 2.41 bits per heavy atom. The fourth-order valence-corrected chi connectivity index (χ4v) is 3.02. The first-order valence-corrected chi connectivity index (χ1v) is 6.57. The zero-order chi connectivity index (χ0) is 13.3. The quantitative estimate of drug-likeness (QED) is 0.864. The van der Waals surface area contributed by atoms with Crippen LogP contribution in [0.25, 0.3) is 0 Å². The summed E-state index contributed by atoms with van der Waals surface area (Å²) >= 11 is 0. The maximum atomic E-state index is 12.9. The first kappa shape index (κ1) is 14.1. The molecule has 0 spiro atoms. The van der Waals surface area contributed by atoms with Gasteiger partial charge in [0.1, 0.15) is 5.82 Å². The lowest BCUT2D eigenvalue weighted by molar-refractivity contribution is 0.277. The van der Waals surface area contributed by atoms with Gasteiger partial charge in [-0.15, -0.1) is 0 Å². The zero-order valence-corrected chi connectivity index (χ0v) is 10.8. The smallest absolute Gasteiger partial charge is 0.241 e. The molecule has 4 nitrogen and oxygen atoms in total. The Bertz CT molecular complexity index is 506. The summed E-state index contributed by atoms with van der Waals surface area (Å²) in [5, 5.41) is 9.05. The van der Waals surface area contributed by atoms with E-state index in [0.29, 0.717) is 0 Å². The molecule has 0 saturated carbocycles. The minimum atomic E-state index is -3.75. The van der Waals surface area contributed by atoms with Gasteiger partial charge >= 0.3 is 0 Å². The van der Waals surface area contributed by atoms with E-state index in [-0.39, 0.29) is 10.5 Å². The topological polar surface area (TPSA) is 66.4 Å². The van der Waals surface area contributed by atoms with Crippen molar-refractivity contribution in [2.75, 3.05) is 0 Å². The van der Waals surface area contributed by atoms with E-state index in [2.05, 4.69) is 4.72 Å². The third-order valence-corrected chi connectivity index (χ3v) is 3.78. The van der Waals surface area contributed by atoms with Gasteiger partial charge in [-0.1, -0.05) is 0 Å². The fraction of sp³-hybridized carbons (Fsp3) is 0.455. The molecule has 0 aliphatic heterocycles. The monoisotopic (exact) mass is 261 g/mol. The van der Waals surface area contributed by atoms with Gasteiger partial charge in [0, 0.05) is 11.1 Å². The van der Waals surface area contributed by atoms with Crippen molar-refractivity contribution < 1.29 is 17.9 Å². The highest BCUT2D eigenvalue weighted by molar-refractivity contribution is 7.89. The number of sulfonamides is 1. The Labute approximate surface area is 101 Å². The SMILES string of the molecule is CC(C)(C)NS(=O)(=O)c1ccc(F)cc1CO. The Hall–Kier alpha value is -0.980. The standard InChI is InChI=1S/C11H16FNO3S/c1-11(2,3)13-17(15,16)10-5-4-9(12)6-8(10)7-14/h4-6,13-14H,7H2,1-3H3. The number of aliphatic hydroxyl groups excluding tert-OH is 1. The lowest BCUT2D eigenvalue weighted by Crippen LogP contribution is -2.40. The van der Waals surface area contributed by atoms with Crippen LogP contribution in [-0.2, 0) is 16.6 Å². The Balaban J connectivity index is 3.24. The number of aliphatic hydroxyl groups is 1. The van der Waals surface area contributed by atoms with Crippen LogP contribution < -0.4 is 4.72 Å². The van der Waals surface area contributed by atoms with E-state index in [0.717, 1.165) is 18.2 Å². The highest BCUT2D eigenvalue weighted by Gasteiger charge is 2.24. The molecule has 0 aliphatic carbocycles. The third-order valence-electron chi connectivity index (χ3n) is 1.92. The predicted molar refractivity (Wildman–Crippen MR) is 62.4 cm³/mol. The molecule has 0 fully saturated rings. The third kappa shape index (κ3) is 3.76. The number of hydrogen-bond donors (Lipinski definition) is 2. The normalized spacial score (nSPS) is 12.8. The molecule has 96 valence electrons. The maximum absolute atomic E-state index is 12.9. The van der Waals surface area contributed by atoms with Gasteiger partial charge in [0.05, 0.1) is 11.5 Å². The summed E-state index contributed by atoms with van der Waals surface area (Å²) in [5.41, 5.74) is -0.596. The molecule has 1 aromatic carbocycles. The Morgan fingerprint density at radius 1 is 1.35 bits per heavy atom. The molecule has 0 heterocycles. The van der Waals surface area contributed by atoms with Crippen LogP contribution >= 0.6 is 0 Å². The van der Waals surface area contributed by atoms with Crippen molar-refractivity contribution in [3.05, 3.63) is 29.6 Å². The molecule has 0 radical (unpaired) electrons. The molecular formula is C11H16FNO3S. The largest absolute Gasteiger partial charge is 0.392 e. The van der Waals surface area contributed by atoms with Gasteiger partial charge in [-0.05, 0) is 39.0 Å². The molecule has 0 unspecified atom stereocenters. The highest BCUT2D eigenvalue weighted by Crippen LogP contribution is 2.19. The average Bonchev–Trinajstić information content (AvgIpc) is 2.13. The second-order valence-electron chi connectivity index (χ2n) is 4.77. The molecule has 0 aliphatic rings. The maximum Gasteiger partial charge on any atom is 0.241 e. The summed E-state index contributed by atoms with van der Waals surface area (Å²) in [6, 6.07) is 3.21. The average molecular weight is 261 g/mol. The highest BCUT2D eigenvalue weighted by atomic mass is 32.2. The van der Waals surface area contributed by atoms with Gasteiger partial charge in [-0.3, -0.25) is 0 Å². The lowest BCUT2D eigenvalue weighted by Gasteiger charge is -2.21. The van der Waals surface area contributed by atoms with Crippen LogP contribution in [-0.4, -0.2) is 19.1 Å². The Kier molecular flexibility index (Phi) is 3.91. The minimum absolute atomic E-state index is 0.0433.